The Kier molecular flexibility index (Phi) is 4.13. The van der Waals surface area contributed by atoms with Crippen molar-refractivity contribution in [3.8, 4) is 5.75 Å². The van der Waals surface area contributed by atoms with Crippen molar-refractivity contribution in [1.82, 2.24) is 14.9 Å². The molecule has 1 N–H and O–H groups in total. The number of fused-ring (bicyclic) bond motifs is 1. The second-order valence-corrected chi connectivity index (χ2v) is 5.92. The second kappa shape index (κ2) is 6.22. The maximum absolute atomic E-state index is 12.1. The highest BCUT2D eigenvalue weighted by Gasteiger charge is 2.22. The molecule has 116 valence electrons. The van der Waals surface area contributed by atoms with Crippen molar-refractivity contribution in [1.29, 1.82) is 0 Å². The van der Waals surface area contributed by atoms with Crippen molar-refractivity contribution in [2.45, 2.75) is 38.8 Å². The molecule has 22 heavy (non-hydrogen) atoms. The summed E-state index contributed by atoms with van der Waals surface area (Å²) in [7, 11) is 0. The molecule has 5 heteroatoms. The Morgan fingerprint density at radius 2 is 2.27 bits per heavy atom. The maximum Gasteiger partial charge on any atom is 0.240 e. The van der Waals surface area contributed by atoms with Crippen LogP contribution in [0.5, 0.6) is 5.75 Å². The quantitative estimate of drug-likeness (QED) is 0.920. The molecule has 0 unspecified atom stereocenters. The number of rotatable bonds is 5. The summed E-state index contributed by atoms with van der Waals surface area (Å²) in [6.07, 6.45) is 4.45. The Morgan fingerprint density at radius 3 is 3.05 bits per heavy atom. The number of hydrogen-bond donors (Lipinski definition) is 1. The highest BCUT2D eigenvalue weighted by Crippen LogP contribution is 2.27. The molecule has 0 radical (unpaired) electrons. The molecular weight excluding hydrogens is 278 g/mol. The summed E-state index contributed by atoms with van der Waals surface area (Å²) >= 11 is 0. The normalized spacial score (nSPS) is 16.4. The number of hydrogen-bond acceptors (Lipinski definition) is 3. The van der Waals surface area contributed by atoms with Gasteiger partial charge >= 0.3 is 0 Å². The van der Waals surface area contributed by atoms with E-state index in [0.717, 1.165) is 18.0 Å². The number of nitrogens with one attached hydrogen (secondary N) is 1. The van der Waals surface area contributed by atoms with Crippen molar-refractivity contribution in [2.75, 3.05) is 6.54 Å². The highest BCUT2D eigenvalue weighted by atomic mass is 16.5. The lowest BCUT2D eigenvalue weighted by atomic mass is 10.1. The lowest BCUT2D eigenvalue weighted by molar-refractivity contribution is -0.122. The van der Waals surface area contributed by atoms with Gasteiger partial charge in [0.15, 0.2) is 0 Å². The first-order valence-electron chi connectivity index (χ1n) is 7.66. The number of aromatic nitrogens is 2. The third-order valence-electron chi connectivity index (χ3n) is 3.82. The van der Waals surface area contributed by atoms with Crippen molar-refractivity contribution in [3.05, 3.63) is 48.0 Å². The standard InChI is InChI=1S/C17H21N3O2/c1-12(2)17-18-7-8-20(17)11-16(21)19-10-14-9-13-5-3-4-6-15(13)22-14/h3-8,12,14H,9-11H2,1-2H3,(H,19,21)/t14-/m1/s1. The number of carbonyl (C=O) groups excluding carboxylic acids is 1. The minimum atomic E-state index is -0.0144. The molecule has 0 spiro atoms. The molecule has 0 bridgehead atoms. The molecule has 0 saturated carbocycles. The summed E-state index contributed by atoms with van der Waals surface area (Å²) in [6, 6.07) is 8.01. The number of benzene rings is 1. The SMILES string of the molecule is CC(C)c1nccn1CC(=O)NC[C@H]1Cc2ccccc2O1. The Labute approximate surface area is 130 Å². The van der Waals surface area contributed by atoms with Gasteiger partial charge in [0.2, 0.25) is 5.91 Å². The van der Waals surface area contributed by atoms with Crippen LogP contribution in [0.4, 0.5) is 0 Å². The van der Waals surface area contributed by atoms with Gasteiger partial charge < -0.3 is 14.6 Å². The van der Waals surface area contributed by atoms with Crippen LogP contribution < -0.4 is 10.1 Å². The lowest BCUT2D eigenvalue weighted by Gasteiger charge is -2.13. The summed E-state index contributed by atoms with van der Waals surface area (Å²) in [5.41, 5.74) is 1.21. The second-order valence-electron chi connectivity index (χ2n) is 5.92. The zero-order valence-corrected chi connectivity index (χ0v) is 13.0. The molecule has 2 aromatic rings. The average Bonchev–Trinajstić information content (AvgIpc) is 3.10. The first kappa shape index (κ1) is 14.6. The molecule has 1 aromatic carbocycles. The fraction of sp³-hybridized carbons (Fsp3) is 0.412. The van der Waals surface area contributed by atoms with Crippen LogP contribution in [0, 0.1) is 0 Å². The van der Waals surface area contributed by atoms with Gasteiger partial charge in [-0.2, -0.15) is 0 Å². The van der Waals surface area contributed by atoms with Crippen LogP contribution in [-0.4, -0.2) is 28.1 Å². The Balaban J connectivity index is 1.50. The topological polar surface area (TPSA) is 56.2 Å². The summed E-state index contributed by atoms with van der Waals surface area (Å²) < 4.78 is 7.71. The van der Waals surface area contributed by atoms with E-state index in [0.29, 0.717) is 19.0 Å². The smallest absolute Gasteiger partial charge is 0.240 e. The molecular formula is C17H21N3O2. The van der Waals surface area contributed by atoms with Gasteiger partial charge in [0, 0.05) is 24.7 Å². The predicted octanol–water partition coefficient (Wildman–Crippen LogP) is 2.13. The molecule has 2 heterocycles. The van der Waals surface area contributed by atoms with Crippen molar-refractivity contribution >= 4 is 5.91 Å². The molecule has 1 aliphatic heterocycles. The van der Waals surface area contributed by atoms with Gasteiger partial charge in [-0.15, -0.1) is 0 Å². The van der Waals surface area contributed by atoms with Crippen LogP contribution in [-0.2, 0) is 17.8 Å². The molecule has 1 atom stereocenters. The largest absolute Gasteiger partial charge is 0.488 e. The van der Waals surface area contributed by atoms with Crippen LogP contribution in [0.1, 0.15) is 31.2 Å². The zero-order chi connectivity index (χ0) is 15.5. The van der Waals surface area contributed by atoms with E-state index in [1.54, 1.807) is 6.20 Å². The fourth-order valence-electron chi connectivity index (χ4n) is 2.76. The van der Waals surface area contributed by atoms with Gasteiger partial charge in [-0.1, -0.05) is 32.0 Å². The van der Waals surface area contributed by atoms with Gasteiger partial charge in [0.05, 0.1) is 6.54 Å². The molecule has 0 fully saturated rings. The molecule has 1 aromatic heterocycles. The summed E-state index contributed by atoms with van der Waals surface area (Å²) in [5.74, 6) is 2.15. The van der Waals surface area contributed by atoms with Crippen molar-refractivity contribution in [3.63, 3.8) is 0 Å². The van der Waals surface area contributed by atoms with E-state index in [1.165, 1.54) is 5.56 Å². The van der Waals surface area contributed by atoms with Crippen LogP contribution in [0.3, 0.4) is 0 Å². The molecule has 0 saturated heterocycles. The first-order valence-corrected chi connectivity index (χ1v) is 7.66. The van der Waals surface area contributed by atoms with E-state index in [9.17, 15) is 4.79 Å². The number of carbonyl (C=O) groups is 1. The van der Waals surface area contributed by atoms with Crippen LogP contribution in [0.2, 0.25) is 0 Å². The number of imidazole rings is 1. The molecule has 0 aliphatic carbocycles. The van der Waals surface area contributed by atoms with Gasteiger partial charge in [-0.3, -0.25) is 4.79 Å². The third kappa shape index (κ3) is 3.13. The predicted molar refractivity (Wildman–Crippen MR) is 83.9 cm³/mol. The fourth-order valence-corrected chi connectivity index (χ4v) is 2.76. The highest BCUT2D eigenvalue weighted by molar-refractivity contribution is 5.75. The number of nitrogens with zero attached hydrogens (tertiary/aromatic N) is 2. The monoisotopic (exact) mass is 299 g/mol. The minimum absolute atomic E-state index is 0.0144. The maximum atomic E-state index is 12.1. The van der Waals surface area contributed by atoms with E-state index < -0.39 is 0 Å². The Morgan fingerprint density at radius 1 is 1.45 bits per heavy atom. The number of para-hydroxylation sites is 1. The van der Waals surface area contributed by atoms with E-state index in [4.69, 9.17) is 4.74 Å². The van der Waals surface area contributed by atoms with Crippen molar-refractivity contribution < 1.29 is 9.53 Å². The summed E-state index contributed by atoms with van der Waals surface area (Å²) in [5, 5.41) is 2.95. The minimum Gasteiger partial charge on any atom is -0.488 e. The van der Waals surface area contributed by atoms with Crippen LogP contribution >= 0.6 is 0 Å². The van der Waals surface area contributed by atoms with E-state index >= 15 is 0 Å². The van der Waals surface area contributed by atoms with Crippen molar-refractivity contribution in [2.24, 2.45) is 0 Å². The third-order valence-corrected chi connectivity index (χ3v) is 3.82. The Hall–Kier alpha value is -2.30. The van der Waals surface area contributed by atoms with Gasteiger partial charge in [-0.05, 0) is 11.6 Å². The molecule has 3 rings (SSSR count). The van der Waals surface area contributed by atoms with E-state index in [-0.39, 0.29) is 12.0 Å². The van der Waals surface area contributed by atoms with E-state index in [2.05, 4.69) is 30.2 Å². The van der Waals surface area contributed by atoms with Gasteiger partial charge in [-0.25, -0.2) is 4.98 Å². The zero-order valence-electron chi connectivity index (χ0n) is 13.0. The summed E-state index contributed by atoms with van der Waals surface area (Å²) in [6.45, 7) is 4.97. The Bertz CT molecular complexity index is 638. The average molecular weight is 299 g/mol. The van der Waals surface area contributed by atoms with Crippen LogP contribution in [0.25, 0.3) is 0 Å². The lowest BCUT2D eigenvalue weighted by Crippen LogP contribution is -2.36. The first-order chi connectivity index (χ1) is 10.6. The number of ether oxygens (including phenoxy) is 1. The number of amides is 1. The molecule has 1 amide bonds. The van der Waals surface area contributed by atoms with Crippen LogP contribution in [0.15, 0.2) is 36.7 Å². The van der Waals surface area contributed by atoms with E-state index in [1.807, 2.05) is 29.0 Å². The molecule has 1 aliphatic rings. The summed E-state index contributed by atoms with van der Waals surface area (Å²) in [4.78, 5) is 16.4. The van der Waals surface area contributed by atoms with Gasteiger partial charge in [0.25, 0.3) is 0 Å². The van der Waals surface area contributed by atoms with Gasteiger partial charge in [0.1, 0.15) is 24.2 Å². The molecule has 5 nitrogen and oxygen atoms in total.